The molecule has 2 N–H and O–H groups in total. The molecule has 3 atom stereocenters. The number of benzene rings is 1. The zero-order valence-electron chi connectivity index (χ0n) is 16.9. The third-order valence-electron chi connectivity index (χ3n) is 5.64. The van der Waals surface area contributed by atoms with Crippen LogP contribution in [0, 0.1) is 11.8 Å². The highest BCUT2D eigenvalue weighted by molar-refractivity contribution is 5.92. The van der Waals surface area contributed by atoms with Gasteiger partial charge in [-0.1, -0.05) is 12.1 Å². The number of likely N-dealkylation sites (tertiary alicyclic amines) is 2. The second kappa shape index (κ2) is 8.93. The largest absolute Gasteiger partial charge is 0.573 e. The summed E-state index contributed by atoms with van der Waals surface area (Å²) >= 11 is 0. The Bertz CT molecular complexity index is 925. The number of aromatic hydroxyl groups is 1. The van der Waals surface area contributed by atoms with Crippen LogP contribution in [0.15, 0.2) is 42.6 Å². The highest BCUT2D eigenvalue weighted by Crippen LogP contribution is 2.33. The molecule has 0 aliphatic carbocycles. The first-order valence-electron chi connectivity index (χ1n) is 10.0. The van der Waals surface area contributed by atoms with E-state index in [1.54, 1.807) is 9.80 Å². The van der Waals surface area contributed by atoms with Crippen LogP contribution in [0.3, 0.4) is 0 Å². The molecule has 1 amide bonds. The Morgan fingerprint density at radius 1 is 1.09 bits per heavy atom. The maximum atomic E-state index is 12.6. The fourth-order valence-electron chi connectivity index (χ4n) is 4.11. The van der Waals surface area contributed by atoms with Crippen molar-refractivity contribution >= 4 is 5.91 Å². The number of aliphatic hydroxyl groups excluding tert-OH is 1. The van der Waals surface area contributed by atoms with E-state index in [9.17, 15) is 28.2 Å². The number of pyridine rings is 1. The van der Waals surface area contributed by atoms with Crippen molar-refractivity contribution in [1.29, 1.82) is 0 Å². The summed E-state index contributed by atoms with van der Waals surface area (Å²) in [6, 6.07) is 8.16. The average Bonchev–Trinajstić information content (AvgIpc) is 3.31. The highest BCUT2D eigenvalue weighted by Gasteiger charge is 2.43. The normalized spacial score (nSPS) is 22.1. The summed E-state index contributed by atoms with van der Waals surface area (Å²) in [4.78, 5) is 20.0. The van der Waals surface area contributed by atoms with Gasteiger partial charge in [-0.05, 0) is 41.7 Å². The summed E-state index contributed by atoms with van der Waals surface area (Å²) in [6.07, 6.45) is -4.67. The number of ether oxygens (including phenoxy) is 2. The third-order valence-corrected chi connectivity index (χ3v) is 5.64. The van der Waals surface area contributed by atoms with Crippen molar-refractivity contribution in [3.8, 4) is 11.5 Å². The molecule has 1 unspecified atom stereocenters. The molecule has 2 aromatic rings. The molecule has 4 rings (SSSR count). The first-order chi connectivity index (χ1) is 15.2. The van der Waals surface area contributed by atoms with Crippen molar-refractivity contribution < 1.29 is 37.7 Å². The Morgan fingerprint density at radius 2 is 1.75 bits per heavy atom. The van der Waals surface area contributed by atoms with E-state index >= 15 is 0 Å². The van der Waals surface area contributed by atoms with Gasteiger partial charge in [-0.25, -0.2) is 4.98 Å². The first kappa shape index (κ1) is 22.3. The number of halogens is 3. The molecule has 1 aromatic carbocycles. The van der Waals surface area contributed by atoms with Crippen molar-refractivity contribution in [3.63, 3.8) is 0 Å². The average molecular weight is 453 g/mol. The van der Waals surface area contributed by atoms with Crippen molar-refractivity contribution in [3.05, 3.63) is 53.9 Å². The van der Waals surface area contributed by atoms with E-state index < -0.39 is 12.8 Å². The van der Waals surface area contributed by atoms with Gasteiger partial charge in [0.2, 0.25) is 6.41 Å². The van der Waals surface area contributed by atoms with Crippen LogP contribution in [-0.2, 0) is 11.3 Å². The zero-order chi connectivity index (χ0) is 22.9. The zero-order valence-corrected chi connectivity index (χ0v) is 16.9. The molecule has 1 aromatic heterocycles. The SMILES string of the molecule is O=C(c1ccc(O)cn1)N1C[C@H]2CN(C(O)OCc3ccc(OC(F)(F)F)cc3)C[C@@H]2C1. The second-order valence-electron chi connectivity index (χ2n) is 7.91. The predicted molar refractivity (Wildman–Crippen MR) is 104 cm³/mol. The van der Waals surface area contributed by atoms with Gasteiger partial charge < -0.3 is 24.6 Å². The molecule has 0 spiro atoms. The summed E-state index contributed by atoms with van der Waals surface area (Å²) in [5.74, 6) is -0.146. The lowest BCUT2D eigenvalue weighted by Crippen LogP contribution is -2.39. The van der Waals surface area contributed by atoms with Gasteiger partial charge in [0, 0.05) is 26.2 Å². The molecule has 2 saturated heterocycles. The number of carbonyl (C=O) groups excluding carboxylic acids is 1. The lowest BCUT2D eigenvalue weighted by molar-refractivity contribution is -0.274. The van der Waals surface area contributed by atoms with Crippen LogP contribution in [0.1, 0.15) is 16.1 Å². The molecule has 11 heteroatoms. The molecule has 0 saturated carbocycles. The van der Waals surface area contributed by atoms with E-state index in [2.05, 4.69) is 9.72 Å². The smallest absolute Gasteiger partial charge is 0.506 e. The van der Waals surface area contributed by atoms with E-state index in [0.717, 1.165) is 0 Å². The van der Waals surface area contributed by atoms with Crippen molar-refractivity contribution in [2.24, 2.45) is 11.8 Å². The van der Waals surface area contributed by atoms with Gasteiger partial charge in [-0.3, -0.25) is 9.69 Å². The maximum Gasteiger partial charge on any atom is 0.573 e. The lowest BCUT2D eigenvalue weighted by Gasteiger charge is -2.25. The summed E-state index contributed by atoms with van der Waals surface area (Å²) in [5, 5.41) is 19.7. The first-order valence-corrected chi connectivity index (χ1v) is 10.0. The monoisotopic (exact) mass is 453 g/mol. The molecule has 172 valence electrons. The van der Waals surface area contributed by atoms with Crippen molar-refractivity contribution in [2.45, 2.75) is 19.4 Å². The summed E-state index contributed by atoms with van der Waals surface area (Å²) in [7, 11) is 0. The number of aliphatic hydroxyl groups is 1. The van der Waals surface area contributed by atoms with Gasteiger partial charge in [0.1, 0.15) is 17.2 Å². The Hall–Kier alpha value is -2.89. The minimum absolute atomic E-state index is 0.00458. The van der Waals surface area contributed by atoms with E-state index in [4.69, 9.17) is 4.74 Å². The van der Waals surface area contributed by atoms with E-state index in [-0.39, 0.29) is 41.5 Å². The van der Waals surface area contributed by atoms with Gasteiger partial charge in [0.05, 0.1) is 12.8 Å². The van der Waals surface area contributed by atoms with Crippen LogP contribution in [0.5, 0.6) is 11.5 Å². The topological polar surface area (TPSA) is 95.4 Å². The molecule has 2 aliphatic heterocycles. The Labute approximate surface area is 181 Å². The number of rotatable bonds is 6. The Morgan fingerprint density at radius 3 is 2.31 bits per heavy atom. The van der Waals surface area contributed by atoms with Crippen LogP contribution in [0.25, 0.3) is 0 Å². The maximum absolute atomic E-state index is 12.6. The predicted octanol–water partition coefficient (Wildman–Crippen LogP) is 2.18. The third kappa shape index (κ3) is 5.29. The number of carbonyl (C=O) groups is 1. The lowest BCUT2D eigenvalue weighted by atomic mass is 10.0. The number of fused-ring (bicyclic) bond motifs is 1. The van der Waals surface area contributed by atoms with Gasteiger partial charge >= 0.3 is 6.36 Å². The molecule has 2 aliphatic rings. The van der Waals surface area contributed by atoms with Crippen LogP contribution >= 0.6 is 0 Å². The minimum Gasteiger partial charge on any atom is -0.506 e. The van der Waals surface area contributed by atoms with Crippen LogP contribution in [-0.4, -0.2) is 69.9 Å². The fourth-order valence-corrected chi connectivity index (χ4v) is 4.11. The Kier molecular flexibility index (Phi) is 6.22. The number of amides is 1. The van der Waals surface area contributed by atoms with Crippen LogP contribution in [0.2, 0.25) is 0 Å². The van der Waals surface area contributed by atoms with Crippen molar-refractivity contribution in [1.82, 2.24) is 14.8 Å². The van der Waals surface area contributed by atoms with Gasteiger partial charge in [-0.15, -0.1) is 13.2 Å². The second-order valence-corrected chi connectivity index (χ2v) is 7.91. The summed E-state index contributed by atoms with van der Waals surface area (Å²) in [5.41, 5.74) is 0.866. The van der Waals surface area contributed by atoms with E-state index in [0.29, 0.717) is 31.7 Å². The van der Waals surface area contributed by atoms with Gasteiger partial charge in [0.15, 0.2) is 0 Å². The van der Waals surface area contributed by atoms with Gasteiger partial charge in [-0.2, -0.15) is 0 Å². The number of nitrogens with zero attached hydrogens (tertiary/aromatic N) is 3. The molecule has 0 bridgehead atoms. The molecular weight excluding hydrogens is 431 g/mol. The molecule has 3 heterocycles. The quantitative estimate of drug-likeness (QED) is 0.648. The molecule has 32 heavy (non-hydrogen) atoms. The number of hydrogen-bond acceptors (Lipinski definition) is 7. The number of hydrogen-bond donors (Lipinski definition) is 2. The summed E-state index contributed by atoms with van der Waals surface area (Å²) in [6.45, 7) is 2.20. The van der Waals surface area contributed by atoms with Crippen LogP contribution in [0.4, 0.5) is 13.2 Å². The molecular formula is C21H22F3N3O5. The number of alkyl halides is 3. The Balaban J connectivity index is 1.24. The molecule has 0 radical (unpaired) electrons. The van der Waals surface area contributed by atoms with Crippen molar-refractivity contribution in [2.75, 3.05) is 26.2 Å². The number of aromatic nitrogens is 1. The summed E-state index contributed by atoms with van der Waals surface area (Å²) < 4.78 is 45.9. The van der Waals surface area contributed by atoms with E-state index in [1.807, 2.05) is 0 Å². The molecule has 8 nitrogen and oxygen atoms in total. The molecule has 2 fully saturated rings. The van der Waals surface area contributed by atoms with E-state index in [1.165, 1.54) is 42.6 Å². The van der Waals surface area contributed by atoms with Gasteiger partial charge in [0.25, 0.3) is 5.91 Å². The van der Waals surface area contributed by atoms with Crippen LogP contribution < -0.4 is 4.74 Å². The highest BCUT2D eigenvalue weighted by atomic mass is 19.4. The minimum atomic E-state index is -4.75. The fraction of sp³-hybridized carbons (Fsp3) is 0.429. The standard InChI is InChI=1S/C21H22F3N3O5/c22-21(23,24)32-17-4-1-13(2-5-17)12-31-20(30)27-10-14-8-26(9-15(14)11-27)19(29)18-6-3-16(28)7-25-18/h1-7,14-15,20,28,30H,8-12H2/t14-,15-,20?/m0/s1.